The minimum Gasteiger partial charge on any atom is -0.338 e. The van der Waals surface area contributed by atoms with E-state index in [1.807, 2.05) is 4.90 Å². The van der Waals surface area contributed by atoms with Crippen molar-refractivity contribution >= 4 is 6.03 Å². The molecule has 2 N–H and O–H groups in total. The van der Waals surface area contributed by atoms with Crippen molar-refractivity contribution in [2.45, 2.75) is 32.6 Å². The summed E-state index contributed by atoms with van der Waals surface area (Å²) < 4.78 is 0. The molecule has 2 aliphatic rings. The number of nitrogens with one attached hydrogen (secondary N) is 2. The first-order chi connectivity index (χ1) is 8.25. The molecule has 98 valence electrons. The van der Waals surface area contributed by atoms with Crippen molar-refractivity contribution in [3.63, 3.8) is 0 Å². The summed E-state index contributed by atoms with van der Waals surface area (Å²) in [5, 5.41) is 6.41. The molecule has 2 aliphatic heterocycles. The Bertz CT molecular complexity index is 243. The fraction of sp³-hybridized carbons (Fsp3) is 0.923. The van der Waals surface area contributed by atoms with Crippen LogP contribution in [0.4, 0.5) is 4.79 Å². The van der Waals surface area contributed by atoms with E-state index in [4.69, 9.17) is 0 Å². The summed E-state index contributed by atoms with van der Waals surface area (Å²) in [4.78, 5) is 13.8. The van der Waals surface area contributed by atoms with Crippen LogP contribution in [0.5, 0.6) is 0 Å². The Morgan fingerprint density at radius 3 is 2.76 bits per heavy atom. The monoisotopic (exact) mass is 239 g/mol. The Morgan fingerprint density at radius 1 is 1.35 bits per heavy atom. The average molecular weight is 239 g/mol. The molecule has 0 aromatic rings. The minimum atomic E-state index is 0.142. The molecule has 0 aromatic carbocycles. The summed E-state index contributed by atoms with van der Waals surface area (Å²) >= 11 is 0. The average Bonchev–Trinajstić information content (AvgIpc) is 2.83. The van der Waals surface area contributed by atoms with Gasteiger partial charge in [-0.1, -0.05) is 6.92 Å². The van der Waals surface area contributed by atoms with Crippen molar-refractivity contribution in [2.24, 2.45) is 11.8 Å². The molecule has 4 nitrogen and oxygen atoms in total. The maximum atomic E-state index is 11.9. The minimum absolute atomic E-state index is 0.142. The zero-order valence-corrected chi connectivity index (χ0v) is 10.9. The smallest absolute Gasteiger partial charge is 0.317 e. The largest absolute Gasteiger partial charge is 0.338 e. The standard InChI is InChI=1S/C13H25N3O/c1-11-4-8-16(9-5-11)13(17)15-7-3-12-2-6-14-10-12/h11-12,14H,2-10H2,1H3,(H,15,17). The van der Waals surface area contributed by atoms with Gasteiger partial charge in [-0.05, 0) is 50.6 Å². The molecule has 17 heavy (non-hydrogen) atoms. The maximum absolute atomic E-state index is 11.9. The van der Waals surface area contributed by atoms with Crippen LogP contribution in [-0.2, 0) is 0 Å². The van der Waals surface area contributed by atoms with E-state index < -0.39 is 0 Å². The fourth-order valence-electron chi connectivity index (χ4n) is 2.67. The quantitative estimate of drug-likeness (QED) is 0.782. The van der Waals surface area contributed by atoms with E-state index in [0.717, 1.165) is 63.8 Å². The van der Waals surface area contributed by atoms with Crippen molar-refractivity contribution in [3.8, 4) is 0 Å². The normalized spacial score (nSPS) is 26.2. The van der Waals surface area contributed by atoms with Gasteiger partial charge in [-0.15, -0.1) is 0 Å². The number of urea groups is 1. The van der Waals surface area contributed by atoms with Crippen molar-refractivity contribution < 1.29 is 4.79 Å². The molecule has 0 aliphatic carbocycles. The first-order valence-electron chi connectivity index (χ1n) is 6.99. The molecule has 0 radical (unpaired) electrons. The highest BCUT2D eigenvalue weighted by molar-refractivity contribution is 5.74. The molecule has 4 heteroatoms. The van der Waals surface area contributed by atoms with Crippen LogP contribution in [0.3, 0.4) is 0 Å². The molecular weight excluding hydrogens is 214 g/mol. The van der Waals surface area contributed by atoms with Gasteiger partial charge in [0.2, 0.25) is 0 Å². The third-order valence-corrected chi connectivity index (χ3v) is 4.06. The van der Waals surface area contributed by atoms with Crippen LogP contribution in [-0.4, -0.2) is 43.7 Å². The molecule has 2 saturated heterocycles. The van der Waals surface area contributed by atoms with Crippen molar-refractivity contribution in [1.29, 1.82) is 0 Å². The van der Waals surface area contributed by atoms with Crippen molar-refractivity contribution in [1.82, 2.24) is 15.5 Å². The second-order valence-electron chi connectivity index (χ2n) is 5.55. The number of hydrogen-bond donors (Lipinski definition) is 2. The second-order valence-corrected chi connectivity index (χ2v) is 5.55. The van der Waals surface area contributed by atoms with Gasteiger partial charge in [0, 0.05) is 19.6 Å². The van der Waals surface area contributed by atoms with Crippen LogP contribution in [0.2, 0.25) is 0 Å². The van der Waals surface area contributed by atoms with Gasteiger partial charge >= 0.3 is 6.03 Å². The topological polar surface area (TPSA) is 44.4 Å². The first kappa shape index (κ1) is 12.7. The van der Waals surface area contributed by atoms with E-state index in [-0.39, 0.29) is 6.03 Å². The van der Waals surface area contributed by atoms with Gasteiger partial charge < -0.3 is 15.5 Å². The van der Waals surface area contributed by atoms with E-state index in [9.17, 15) is 4.79 Å². The zero-order valence-electron chi connectivity index (χ0n) is 10.9. The van der Waals surface area contributed by atoms with Gasteiger partial charge in [0.15, 0.2) is 0 Å². The molecule has 2 heterocycles. The zero-order chi connectivity index (χ0) is 12.1. The molecule has 1 atom stereocenters. The van der Waals surface area contributed by atoms with Gasteiger partial charge in [-0.3, -0.25) is 0 Å². The molecule has 0 saturated carbocycles. The van der Waals surface area contributed by atoms with Crippen molar-refractivity contribution in [3.05, 3.63) is 0 Å². The van der Waals surface area contributed by atoms with E-state index in [2.05, 4.69) is 17.6 Å². The third kappa shape index (κ3) is 3.87. The number of carbonyl (C=O) groups is 1. The van der Waals surface area contributed by atoms with Gasteiger partial charge in [-0.25, -0.2) is 4.79 Å². The lowest BCUT2D eigenvalue weighted by atomic mass is 10.00. The van der Waals surface area contributed by atoms with Gasteiger partial charge in [0.1, 0.15) is 0 Å². The summed E-state index contributed by atoms with van der Waals surface area (Å²) in [6, 6.07) is 0.142. The van der Waals surface area contributed by atoms with E-state index in [1.54, 1.807) is 0 Å². The first-order valence-corrected chi connectivity index (χ1v) is 6.99. The Hall–Kier alpha value is -0.770. The summed E-state index contributed by atoms with van der Waals surface area (Å²) in [6.07, 6.45) is 4.68. The van der Waals surface area contributed by atoms with E-state index >= 15 is 0 Å². The van der Waals surface area contributed by atoms with E-state index in [0.29, 0.717) is 0 Å². The third-order valence-electron chi connectivity index (χ3n) is 4.06. The number of likely N-dealkylation sites (tertiary alicyclic amines) is 1. The summed E-state index contributed by atoms with van der Waals surface area (Å²) in [5.74, 6) is 1.54. The summed E-state index contributed by atoms with van der Waals surface area (Å²) in [5.41, 5.74) is 0. The number of nitrogens with zero attached hydrogens (tertiary/aromatic N) is 1. The number of carbonyl (C=O) groups excluding carboxylic acids is 1. The predicted octanol–water partition coefficient (Wildman–Crippen LogP) is 1.43. The molecule has 0 bridgehead atoms. The molecule has 1 unspecified atom stereocenters. The molecular formula is C13H25N3O. The van der Waals surface area contributed by atoms with E-state index in [1.165, 1.54) is 6.42 Å². The molecule has 2 amide bonds. The van der Waals surface area contributed by atoms with Gasteiger partial charge in [-0.2, -0.15) is 0 Å². The lowest BCUT2D eigenvalue weighted by Gasteiger charge is -2.30. The van der Waals surface area contributed by atoms with Crippen LogP contribution in [0, 0.1) is 11.8 Å². The number of amides is 2. The molecule has 2 fully saturated rings. The molecule has 2 rings (SSSR count). The van der Waals surface area contributed by atoms with Crippen LogP contribution >= 0.6 is 0 Å². The summed E-state index contributed by atoms with van der Waals surface area (Å²) in [7, 11) is 0. The Labute approximate surface area is 104 Å². The van der Waals surface area contributed by atoms with Crippen LogP contribution in [0.1, 0.15) is 32.6 Å². The number of hydrogen-bond acceptors (Lipinski definition) is 2. The fourth-order valence-corrected chi connectivity index (χ4v) is 2.67. The van der Waals surface area contributed by atoms with Crippen LogP contribution in [0.25, 0.3) is 0 Å². The lowest BCUT2D eigenvalue weighted by molar-refractivity contribution is 0.173. The van der Waals surface area contributed by atoms with Crippen molar-refractivity contribution in [2.75, 3.05) is 32.7 Å². The second kappa shape index (κ2) is 6.24. The van der Waals surface area contributed by atoms with Crippen LogP contribution in [0.15, 0.2) is 0 Å². The van der Waals surface area contributed by atoms with Crippen LogP contribution < -0.4 is 10.6 Å². The molecule has 0 spiro atoms. The highest BCUT2D eigenvalue weighted by Crippen LogP contribution is 2.16. The van der Waals surface area contributed by atoms with Gasteiger partial charge in [0.25, 0.3) is 0 Å². The Kier molecular flexibility index (Phi) is 4.66. The molecule has 0 aromatic heterocycles. The summed E-state index contributed by atoms with van der Waals surface area (Å²) in [6.45, 7) is 7.22. The van der Waals surface area contributed by atoms with Gasteiger partial charge in [0.05, 0.1) is 0 Å². The Balaban J connectivity index is 1.60. The predicted molar refractivity (Wildman–Crippen MR) is 69.0 cm³/mol. The lowest BCUT2D eigenvalue weighted by Crippen LogP contribution is -2.44. The number of piperidine rings is 1. The Morgan fingerprint density at radius 2 is 2.12 bits per heavy atom. The highest BCUT2D eigenvalue weighted by atomic mass is 16.2. The highest BCUT2D eigenvalue weighted by Gasteiger charge is 2.20. The number of rotatable bonds is 3. The maximum Gasteiger partial charge on any atom is 0.317 e. The SMILES string of the molecule is CC1CCN(C(=O)NCCC2CCNC2)CC1.